The quantitative estimate of drug-likeness (QED) is 0.584. The van der Waals surface area contributed by atoms with Crippen LogP contribution in [0.1, 0.15) is 27.2 Å². The zero-order valence-corrected chi connectivity index (χ0v) is 15.5. The molecule has 1 amide bonds. The van der Waals surface area contributed by atoms with Crippen LogP contribution in [0, 0.1) is 20.8 Å². The number of benzene rings is 2. The van der Waals surface area contributed by atoms with E-state index < -0.39 is 0 Å². The van der Waals surface area contributed by atoms with Crippen molar-refractivity contribution in [2.45, 2.75) is 20.8 Å². The van der Waals surface area contributed by atoms with Gasteiger partial charge in [0.1, 0.15) is 5.82 Å². The number of carbonyl (C=O) groups excluding carboxylic acids is 1. The number of hydrogen-bond acceptors (Lipinski definition) is 3. The highest BCUT2D eigenvalue weighted by Gasteiger charge is 2.15. The van der Waals surface area contributed by atoms with Gasteiger partial charge in [-0.3, -0.25) is 4.79 Å². The standard InChI is InChI=1S/C22H20N4O/c1-14-8-4-5-10-18(14)22(27)24-21-13-16(3)25-26(21)20-12-15(2)17-9-6-7-11-19(17)23-20/h4-13H,1-3H3,(H,24,27). The third-order valence-corrected chi connectivity index (χ3v) is 4.59. The van der Waals surface area contributed by atoms with Crippen LogP contribution in [0.4, 0.5) is 5.82 Å². The third kappa shape index (κ3) is 3.19. The molecule has 2 heterocycles. The molecular formula is C22H20N4O. The number of pyridine rings is 1. The highest BCUT2D eigenvalue weighted by molar-refractivity contribution is 6.05. The molecule has 0 saturated carbocycles. The Morgan fingerprint density at radius 1 is 0.926 bits per heavy atom. The second kappa shape index (κ2) is 6.68. The Morgan fingerprint density at radius 3 is 2.48 bits per heavy atom. The molecule has 0 unspecified atom stereocenters. The first kappa shape index (κ1) is 17.0. The minimum atomic E-state index is -0.160. The number of anilines is 1. The highest BCUT2D eigenvalue weighted by atomic mass is 16.1. The molecule has 2 aromatic carbocycles. The molecule has 0 aliphatic rings. The Labute approximate surface area is 157 Å². The van der Waals surface area contributed by atoms with E-state index in [-0.39, 0.29) is 5.91 Å². The predicted molar refractivity (Wildman–Crippen MR) is 107 cm³/mol. The Balaban J connectivity index is 1.76. The van der Waals surface area contributed by atoms with Gasteiger partial charge in [0.25, 0.3) is 5.91 Å². The van der Waals surface area contributed by atoms with E-state index >= 15 is 0 Å². The molecule has 4 aromatic rings. The largest absolute Gasteiger partial charge is 0.306 e. The Bertz CT molecular complexity index is 1160. The number of aromatic nitrogens is 3. The normalized spacial score (nSPS) is 10.9. The first-order valence-electron chi connectivity index (χ1n) is 8.83. The summed E-state index contributed by atoms with van der Waals surface area (Å²) in [6.45, 7) is 5.87. The summed E-state index contributed by atoms with van der Waals surface area (Å²) >= 11 is 0. The summed E-state index contributed by atoms with van der Waals surface area (Å²) in [5.41, 5.74) is 4.39. The number of nitrogens with zero attached hydrogens (tertiary/aromatic N) is 3. The highest BCUT2D eigenvalue weighted by Crippen LogP contribution is 2.23. The predicted octanol–water partition coefficient (Wildman–Crippen LogP) is 4.60. The van der Waals surface area contributed by atoms with Crippen molar-refractivity contribution in [3.05, 3.63) is 83.0 Å². The van der Waals surface area contributed by atoms with E-state index in [4.69, 9.17) is 4.98 Å². The van der Waals surface area contributed by atoms with Crippen LogP contribution in [0.3, 0.4) is 0 Å². The van der Waals surface area contributed by atoms with Crippen LogP contribution < -0.4 is 5.32 Å². The summed E-state index contributed by atoms with van der Waals surface area (Å²) in [6.07, 6.45) is 0. The first-order valence-corrected chi connectivity index (χ1v) is 8.83. The minimum Gasteiger partial charge on any atom is -0.306 e. The van der Waals surface area contributed by atoms with Crippen LogP contribution in [0.5, 0.6) is 0 Å². The third-order valence-electron chi connectivity index (χ3n) is 4.59. The fourth-order valence-corrected chi connectivity index (χ4v) is 3.21. The zero-order chi connectivity index (χ0) is 19.0. The van der Waals surface area contributed by atoms with Gasteiger partial charge in [0.2, 0.25) is 0 Å². The topological polar surface area (TPSA) is 59.8 Å². The molecule has 0 aliphatic heterocycles. The van der Waals surface area contributed by atoms with Crippen molar-refractivity contribution in [2.24, 2.45) is 0 Å². The molecule has 0 aliphatic carbocycles. The monoisotopic (exact) mass is 356 g/mol. The van der Waals surface area contributed by atoms with Gasteiger partial charge in [-0.05, 0) is 50.1 Å². The lowest BCUT2D eigenvalue weighted by atomic mass is 10.1. The molecule has 5 heteroatoms. The fraction of sp³-hybridized carbons (Fsp3) is 0.136. The average Bonchev–Trinajstić information content (AvgIpc) is 3.02. The Morgan fingerprint density at radius 2 is 1.67 bits per heavy atom. The SMILES string of the molecule is Cc1cc(NC(=O)c2ccccc2C)n(-c2cc(C)c3ccccc3n2)n1. The van der Waals surface area contributed by atoms with E-state index in [0.717, 1.165) is 27.7 Å². The number of amides is 1. The summed E-state index contributed by atoms with van der Waals surface area (Å²) in [5, 5.41) is 8.62. The summed E-state index contributed by atoms with van der Waals surface area (Å²) < 4.78 is 1.69. The molecule has 0 saturated heterocycles. The van der Waals surface area contributed by atoms with Crippen LogP contribution in [0.25, 0.3) is 16.7 Å². The molecule has 27 heavy (non-hydrogen) atoms. The van der Waals surface area contributed by atoms with Crippen molar-refractivity contribution in [3.63, 3.8) is 0 Å². The number of hydrogen-bond donors (Lipinski definition) is 1. The number of carbonyl (C=O) groups is 1. The average molecular weight is 356 g/mol. The molecule has 1 N–H and O–H groups in total. The van der Waals surface area contributed by atoms with E-state index in [9.17, 15) is 4.79 Å². The number of fused-ring (bicyclic) bond motifs is 1. The summed E-state index contributed by atoms with van der Waals surface area (Å²) in [5.74, 6) is 1.12. The zero-order valence-electron chi connectivity index (χ0n) is 15.5. The van der Waals surface area contributed by atoms with E-state index in [1.165, 1.54) is 0 Å². The molecule has 5 nitrogen and oxygen atoms in total. The van der Waals surface area contributed by atoms with Crippen molar-refractivity contribution in [2.75, 3.05) is 5.32 Å². The molecule has 0 atom stereocenters. The smallest absolute Gasteiger partial charge is 0.257 e. The van der Waals surface area contributed by atoms with E-state index in [1.807, 2.05) is 68.4 Å². The van der Waals surface area contributed by atoms with E-state index in [0.29, 0.717) is 17.2 Å². The molecule has 134 valence electrons. The van der Waals surface area contributed by atoms with Crippen molar-refractivity contribution >= 4 is 22.6 Å². The van der Waals surface area contributed by atoms with Gasteiger partial charge < -0.3 is 5.32 Å². The Kier molecular flexibility index (Phi) is 4.20. The maximum Gasteiger partial charge on any atom is 0.257 e. The van der Waals surface area contributed by atoms with Gasteiger partial charge >= 0.3 is 0 Å². The minimum absolute atomic E-state index is 0.160. The maximum absolute atomic E-state index is 12.7. The van der Waals surface area contributed by atoms with Crippen LogP contribution in [0.2, 0.25) is 0 Å². The lowest BCUT2D eigenvalue weighted by Gasteiger charge is -2.11. The van der Waals surface area contributed by atoms with Gasteiger partial charge in [-0.2, -0.15) is 9.78 Å². The van der Waals surface area contributed by atoms with Crippen LogP contribution in [0.15, 0.2) is 60.7 Å². The van der Waals surface area contributed by atoms with Crippen molar-refractivity contribution < 1.29 is 4.79 Å². The van der Waals surface area contributed by atoms with E-state index in [2.05, 4.69) is 23.4 Å². The van der Waals surface area contributed by atoms with Gasteiger partial charge in [0.05, 0.1) is 11.2 Å². The second-order valence-corrected chi connectivity index (χ2v) is 6.67. The van der Waals surface area contributed by atoms with Crippen LogP contribution in [-0.4, -0.2) is 20.7 Å². The number of rotatable bonds is 3. The van der Waals surface area contributed by atoms with Gasteiger partial charge in [-0.1, -0.05) is 36.4 Å². The van der Waals surface area contributed by atoms with Gasteiger partial charge in [-0.15, -0.1) is 0 Å². The van der Waals surface area contributed by atoms with Gasteiger partial charge in [0, 0.05) is 17.0 Å². The molecule has 0 bridgehead atoms. The number of aryl methyl sites for hydroxylation is 3. The second-order valence-electron chi connectivity index (χ2n) is 6.67. The molecule has 0 fully saturated rings. The fourth-order valence-electron chi connectivity index (χ4n) is 3.21. The van der Waals surface area contributed by atoms with Gasteiger partial charge in [0.15, 0.2) is 5.82 Å². The maximum atomic E-state index is 12.7. The van der Waals surface area contributed by atoms with Crippen LogP contribution in [-0.2, 0) is 0 Å². The lowest BCUT2D eigenvalue weighted by molar-refractivity contribution is 0.102. The van der Waals surface area contributed by atoms with Crippen molar-refractivity contribution in [3.8, 4) is 5.82 Å². The van der Waals surface area contributed by atoms with E-state index in [1.54, 1.807) is 4.68 Å². The number of para-hydroxylation sites is 1. The Hall–Kier alpha value is -3.47. The van der Waals surface area contributed by atoms with Crippen molar-refractivity contribution in [1.29, 1.82) is 0 Å². The molecular weight excluding hydrogens is 336 g/mol. The molecule has 0 spiro atoms. The molecule has 2 aromatic heterocycles. The van der Waals surface area contributed by atoms with Crippen LogP contribution >= 0.6 is 0 Å². The van der Waals surface area contributed by atoms with Gasteiger partial charge in [-0.25, -0.2) is 4.98 Å². The molecule has 4 rings (SSSR count). The lowest BCUT2D eigenvalue weighted by Crippen LogP contribution is -2.16. The molecule has 0 radical (unpaired) electrons. The first-order chi connectivity index (χ1) is 13.0. The summed E-state index contributed by atoms with van der Waals surface area (Å²) in [7, 11) is 0. The summed E-state index contributed by atoms with van der Waals surface area (Å²) in [6, 6.07) is 19.4. The van der Waals surface area contributed by atoms with Crippen molar-refractivity contribution in [1.82, 2.24) is 14.8 Å². The number of nitrogens with one attached hydrogen (secondary N) is 1. The summed E-state index contributed by atoms with van der Waals surface area (Å²) in [4.78, 5) is 17.5.